The zero-order valence-electron chi connectivity index (χ0n) is 13.7. The summed E-state index contributed by atoms with van der Waals surface area (Å²) in [6.45, 7) is 7.49. The summed E-state index contributed by atoms with van der Waals surface area (Å²) in [4.78, 5) is 10.1. The molecule has 3 rings (SSSR count). The van der Waals surface area contributed by atoms with Crippen molar-refractivity contribution in [2.45, 2.75) is 32.5 Å². The third kappa shape index (κ3) is 3.84. The van der Waals surface area contributed by atoms with Crippen LogP contribution in [0.4, 0.5) is 0 Å². The zero-order valence-corrected chi connectivity index (χ0v) is 13.7. The van der Waals surface area contributed by atoms with Crippen molar-refractivity contribution in [1.29, 1.82) is 0 Å². The molecule has 122 valence electrons. The molecule has 0 spiro atoms. The van der Waals surface area contributed by atoms with Crippen LogP contribution in [0.3, 0.4) is 0 Å². The summed E-state index contributed by atoms with van der Waals surface area (Å²) in [7, 11) is 0. The van der Waals surface area contributed by atoms with Crippen molar-refractivity contribution in [1.82, 2.24) is 0 Å². The minimum atomic E-state index is -0.112. The maximum atomic E-state index is 5.60. The highest BCUT2D eigenvalue weighted by atomic mass is 17.2. The van der Waals surface area contributed by atoms with Crippen LogP contribution in [0.15, 0.2) is 48.5 Å². The van der Waals surface area contributed by atoms with Crippen LogP contribution in [-0.2, 0) is 15.0 Å². The van der Waals surface area contributed by atoms with Gasteiger partial charge in [-0.05, 0) is 42.3 Å². The Morgan fingerprint density at radius 2 is 1.48 bits per heavy atom. The first-order chi connectivity index (χ1) is 11.1. The van der Waals surface area contributed by atoms with Gasteiger partial charge >= 0.3 is 0 Å². The largest absolute Gasteiger partial charge is 0.462 e. The summed E-state index contributed by atoms with van der Waals surface area (Å²) in [5.74, 6) is 1.55. The highest BCUT2D eigenvalue weighted by Gasteiger charge is 2.26. The number of hydrogen-bond donors (Lipinski definition) is 0. The lowest BCUT2D eigenvalue weighted by Gasteiger charge is -2.26. The van der Waals surface area contributed by atoms with E-state index in [1.165, 1.54) is 11.1 Å². The molecule has 0 bridgehead atoms. The molecule has 1 aliphatic heterocycles. The van der Waals surface area contributed by atoms with Crippen molar-refractivity contribution in [3.63, 3.8) is 0 Å². The van der Waals surface area contributed by atoms with E-state index in [2.05, 4.69) is 38.1 Å². The summed E-state index contributed by atoms with van der Waals surface area (Å²) < 4.78 is 10.7. The third-order valence-electron chi connectivity index (χ3n) is 4.00. The van der Waals surface area contributed by atoms with Gasteiger partial charge in [0.15, 0.2) is 5.75 Å². The average Bonchev–Trinajstić information content (AvgIpc) is 3.38. The molecule has 0 N–H and O–H groups in total. The van der Waals surface area contributed by atoms with Crippen LogP contribution in [0.2, 0.25) is 0 Å². The van der Waals surface area contributed by atoms with Crippen LogP contribution in [0.25, 0.3) is 0 Å². The predicted molar refractivity (Wildman–Crippen MR) is 87.6 cm³/mol. The summed E-state index contributed by atoms with van der Waals surface area (Å²) in [6.07, 6.45) is -0.0632. The van der Waals surface area contributed by atoms with Crippen molar-refractivity contribution >= 4 is 0 Å². The molecule has 23 heavy (non-hydrogen) atoms. The van der Waals surface area contributed by atoms with Gasteiger partial charge in [-0.3, -0.25) is 0 Å². The van der Waals surface area contributed by atoms with Crippen LogP contribution in [0, 0.1) is 0 Å². The monoisotopic (exact) mass is 314 g/mol. The summed E-state index contributed by atoms with van der Waals surface area (Å²) in [6, 6.07) is 16.2. The van der Waals surface area contributed by atoms with Crippen molar-refractivity contribution in [2.75, 3.05) is 13.2 Å². The molecule has 4 nitrogen and oxygen atoms in total. The maximum absolute atomic E-state index is 5.60. The minimum absolute atomic E-state index is 0.0632. The van der Waals surface area contributed by atoms with Gasteiger partial charge in [-0.1, -0.05) is 38.1 Å². The number of ether oxygens (including phenoxy) is 2. The Balaban J connectivity index is 1.73. The van der Waals surface area contributed by atoms with Gasteiger partial charge in [0.05, 0.1) is 6.61 Å². The Kier molecular flexibility index (Phi) is 4.55. The van der Waals surface area contributed by atoms with Crippen molar-refractivity contribution < 1.29 is 19.2 Å². The second-order valence-electron chi connectivity index (χ2n) is 6.04. The maximum Gasteiger partial charge on any atom is 0.223 e. The standard InChI is InChI=1S/C19H22O4/c1-4-21-23-17-11-7-15(8-12-17)19(2,3)14-5-9-16(10-6-14)22-18-13-20-18/h5-12,18H,4,13H2,1-3H3. The van der Waals surface area contributed by atoms with Crippen molar-refractivity contribution in [3.8, 4) is 11.5 Å². The lowest BCUT2D eigenvalue weighted by molar-refractivity contribution is -0.202. The van der Waals surface area contributed by atoms with E-state index >= 15 is 0 Å². The first-order valence-corrected chi connectivity index (χ1v) is 7.88. The SMILES string of the molecule is CCOOc1ccc(C(C)(C)c2ccc(OC3CO3)cc2)cc1. The molecule has 1 heterocycles. The van der Waals surface area contributed by atoms with Gasteiger partial charge < -0.3 is 14.4 Å². The second-order valence-corrected chi connectivity index (χ2v) is 6.04. The molecule has 1 fully saturated rings. The molecule has 0 aliphatic carbocycles. The Hall–Kier alpha value is -2.04. The van der Waals surface area contributed by atoms with Crippen LogP contribution in [0.1, 0.15) is 31.9 Å². The van der Waals surface area contributed by atoms with E-state index in [-0.39, 0.29) is 11.7 Å². The number of benzene rings is 2. The molecule has 1 aliphatic rings. The fourth-order valence-corrected chi connectivity index (χ4v) is 2.43. The van der Waals surface area contributed by atoms with E-state index < -0.39 is 0 Å². The van der Waals surface area contributed by atoms with Crippen molar-refractivity contribution in [2.24, 2.45) is 0 Å². The molecule has 1 unspecified atom stereocenters. The third-order valence-corrected chi connectivity index (χ3v) is 4.00. The van der Waals surface area contributed by atoms with E-state index in [0.29, 0.717) is 19.0 Å². The Morgan fingerprint density at radius 1 is 0.957 bits per heavy atom. The Labute approximate surface area is 136 Å². The Bertz CT molecular complexity index is 627. The molecule has 0 saturated carbocycles. The molecule has 0 amide bonds. The first-order valence-electron chi connectivity index (χ1n) is 7.88. The van der Waals surface area contributed by atoms with Gasteiger partial charge in [0.25, 0.3) is 0 Å². The molecule has 0 aromatic heterocycles. The van der Waals surface area contributed by atoms with E-state index in [1.54, 1.807) is 0 Å². The van der Waals surface area contributed by atoms with Gasteiger partial charge in [0.2, 0.25) is 6.29 Å². The quantitative estimate of drug-likeness (QED) is 0.439. The smallest absolute Gasteiger partial charge is 0.223 e. The molecule has 2 aromatic carbocycles. The van der Waals surface area contributed by atoms with Crippen molar-refractivity contribution in [3.05, 3.63) is 59.7 Å². The minimum Gasteiger partial charge on any atom is -0.462 e. The number of epoxide rings is 1. The van der Waals surface area contributed by atoms with E-state index in [0.717, 1.165) is 5.75 Å². The highest BCUT2D eigenvalue weighted by Crippen LogP contribution is 2.33. The van der Waals surface area contributed by atoms with Gasteiger partial charge in [0, 0.05) is 5.41 Å². The van der Waals surface area contributed by atoms with Gasteiger partial charge in [-0.15, -0.1) is 0 Å². The van der Waals surface area contributed by atoms with Gasteiger partial charge in [-0.25, -0.2) is 0 Å². The first kappa shape index (κ1) is 15.8. The molecular formula is C19H22O4. The molecule has 0 radical (unpaired) electrons. The van der Waals surface area contributed by atoms with Crippen LogP contribution in [-0.4, -0.2) is 19.5 Å². The average molecular weight is 314 g/mol. The topological polar surface area (TPSA) is 40.2 Å². The molecule has 1 saturated heterocycles. The Morgan fingerprint density at radius 3 is 1.96 bits per heavy atom. The molecule has 1 atom stereocenters. The highest BCUT2D eigenvalue weighted by molar-refractivity contribution is 5.41. The van der Waals surface area contributed by atoms with E-state index in [1.807, 2.05) is 31.2 Å². The molecular weight excluding hydrogens is 292 g/mol. The molecule has 2 aromatic rings. The van der Waals surface area contributed by atoms with Crippen LogP contribution in [0.5, 0.6) is 11.5 Å². The summed E-state index contributed by atoms with van der Waals surface area (Å²) in [5.41, 5.74) is 2.32. The zero-order chi connectivity index (χ0) is 16.3. The van der Waals surface area contributed by atoms with Gasteiger partial charge in [-0.2, -0.15) is 4.89 Å². The fraction of sp³-hybridized carbons (Fsp3) is 0.368. The second kappa shape index (κ2) is 6.60. The normalized spacial score (nSPS) is 16.9. The predicted octanol–water partition coefficient (Wildman–Crippen LogP) is 4.08. The lowest BCUT2D eigenvalue weighted by Crippen LogP contribution is -2.18. The number of hydrogen-bond acceptors (Lipinski definition) is 4. The summed E-state index contributed by atoms with van der Waals surface area (Å²) >= 11 is 0. The van der Waals surface area contributed by atoms with E-state index in [4.69, 9.17) is 19.2 Å². The van der Waals surface area contributed by atoms with Crippen LogP contribution >= 0.6 is 0 Å². The van der Waals surface area contributed by atoms with Gasteiger partial charge in [0.1, 0.15) is 12.4 Å². The number of rotatable bonds is 7. The van der Waals surface area contributed by atoms with E-state index in [9.17, 15) is 0 Å². The fourth-order valence-electron chi connectivity index (χ4n) is 2.43. The van der Waals surface area contributed by atoms with Crippen LogP contribution < -0.4 is 9.62 Å². The molecule has 4 heteroatoms. The lowest BCUT2D eigenvalue weighted by atomic mass is 9.78. The summed E-state index contributed by atoms with van der Waals surface area (Å²) in [5, 5.41) is 0.